The summed E-state index contributed by atoms with van der Waals surface area (Å²) in [6, 6.07) is -0.833. The van der Waals surface area contributed by atoms with E-state index in [4.69, 9.17) is 0 Å². The van der Waals surface area contributed by atoms with Gasteiger partial charge in [0.2, 0.25) is 0 Å². The molecular weight excluding hydrogens is 168 g/mol. The van der Waals surface area contributed by atoms with Gasteiger partial charge in [0, 0.05) is 6.42 Å². The van der Waals surface area contributed by atoms with Crippen molar-refractivity contribution in [1.82, 2.24) is 5.32 Å². The topological polar surface area (TPSA) is 38.3 Å². The first kappa shape index (κ1) is 9.38. The Labute approximate surface area is 69.1 Å². The number of halogens is 2. The molecule has 0 aromatic heterocycles. The van der Waals surface area contributed by atoms with Gasteiger partial charge in [-0.2, -0.15) is 0 Å². The van der Waals surface area contributed by atoms with Crippen molar-refractivity contribution in [1.29, 1.82) is 0 Å². The van der Waals surface area contributed by atoms with Crippen LogP contribution >= 0.6 is 0 Å². The van der Waals surface area contributed by atoms with E-state index < -0.39 is 30.9 Å². The third-order valence-electron chi connectivity index (χ3n) is 1.68. The average Bonchev–Trinajstić information content (AvgIpc) is 2.31. The van der Waals surface area contributed by atoms with Gasteiger partial charge in [-0.3, -0.25) is 10.1 Å². The van der Waals surface area contributed by atoms with Gasteiger partial charge >= 0.3 is 5.97 Å². The lowest BCUT2D eigenvalue weighted by atomic mass is 10.2. The third-order valence-corrected chi connectivity index (χ3v) is 1.68. The second-order valence-corrected chi connectivity index (χ2v) is 2.75. The van der Waals surface area contributed by atoms with E-state index in [1.54, 1.807) is 6.92 Å². The molecule has 0 spiro atoms. The SMILES string of the molecule is CCOC(=O)C1CC(F)(F)CN1. The quantitative estimate of drug-likeness (QED) is 0.629. The zero-order valence-electron chi connectivity index (χ0n) is 6.77. The molecule has 1 aliphatic heterocycles. The van der Waals surface area contributed by atoms with Crippen molar-refractivity contribution in [2.75, 3.05) is 13.2 Å². The molecule has 0 aromatic carbocycles. The molecule has 1 unspecified atom stereocenters. The second-order valence-electron chi connectivity index (χ2n) is 2.75. The molecule has 0 bridgehead atoms. The molecule has 1 rings (SSSR count). The van der Waals surface area contributed by atoms with Gasteiger partial charge in [-0.15, -0.1) is 0 Å². The van der Waals surface area contributed by atoms with Crippen LogP contribution in [-0.2, 0) is 9.53 Å². The Balaban J connectivity index is 2.41. The Hall–Kier alpha value is -0.710. The van der Waals surface area contributed by atoms with Crippen molar-refractivity contribution in [2.24, 2.45) is 0 Å². The number of alkyl halides is 2. The van der Waals surface area contributed by atoms with Gasteiger partial charge in [-0.25, -0.2) is 8.78 Å². The highest BCUT2D eigenvalue weighted by molar-refractivity contribution is 5.76. The Morgan fingerprint density at radius 3 is 2.83 bits per heavy atom. The summed E-state index contributed by atoms with van der Waals surface area (Å²) in [5.41, 5.74) is 0. The van der Waals surface area contributed by atoms with E-state index in [0.29, 0.717) is 0 Å². The van der Waals surface area contributed by atoms with Crippen LogP contribution in [0.15, 0.2) is 0 Å². The van der Waals surface area contributed by atoms with Crippen LogP contribution < -0.4 is 5.32 Å². The zero-order chi connectivity index (χ0) is 9.19. The molecule has 1 N–H and O–H groups in total. The van der Waals surface area contributed by atoms with Crippen LogP contribution in [0.5, 0.6) is 0 Å². The van der Waals surface area contributed by atoms with Crippen LogP contribution in [0.2, 0.25) is 0 Å². The fraction of sp³-hybridized carbons (Fsp3) is 0.857. The van der Waals surface area contributed by atoms with Crippen LogP contribution in [0.3, 0.4) is 0 Å². The van der Waals surface area contributed by atoms with Crippen molar-refractivity contribution in [3.05, 3.63) is 0 Å². The van der Waals surface area contributed by atoms with Crippen molar-refractivity contribution >= 4 is 5.97 Å². The van der Waals surface area contributed by atoms with Crippen LogP contribution in [-0.4, -0.2) is 31.1 Å². The van der Waals surface area contributed by atoms with E-state index >= 15 is 0 Å². The minimum Gasteiger partial charge on any atom is -0.465 e. The van der Waals surface area contributed by atoms with Gasteiger partial charge in [0.25, 0.3) is 5.92 Å². The van der Waals surface area contributed by atoms with Gasteiger partial charge in [0.15, 0.2) is 0 Å². The fourth-order valence-electron chi connectivity index (χ4n) is 1.13. The van der Waals surface area contributed by atoms with Crippen LogP contribution in [0, 0.1) is 0 Å². The van der Waals surface area contributed by atoms with Crippen molar-refractivity contribution in [2.45, 2.75) is 25.3 Å². The number of esters is 1. The molecule has 1 saturated heterocycles. The molecule has 0 saturated carbocycles. The van der Waals surface area contributed by atoms with Crippen molar-refractivity contribution in [3.63, 3.8) is 0 Å². The fourth-order valence-corrected chi connectivity index (χ4v) is 1.13. The third kappa shape index (κ3) is 2.14. The summed E-state index contributed by atoms with van der Waals surface area (Å²) in [6.07, 6.45) is -0.453. The first-order valence-corrected chi connectivity index (χ1v) is 3.83. The molecule has 12 heavy (non-hydrogen) atoms. The number of carbonyl (C=O) groups is 1. The maximum Gasteiger partial charge on any atom is 0.323 e. The number of hydrogen-bond donors (Lipinski definition) is 1. The predicted molar refractivity (Wildman–Crippen MR) is 38.0 cm³/mol. The summed E-state index contributed by atoms with van der Waals surface area (Å²) < 4.78 is 29.6. The molecule has 0 radical (unpaired) electrons. The number of ether oxygens (including phenoxy) is 1. The van der Waals surface area contributed by atoms with Gasteiger partial charge in [-0.05, 0) is 6.92 Å². The molecule has 1 aliphatic rings. The van der Waals surface area contributed by atoms with Crippen molar-refractivity contribution < 1.29 is 18.3 Å². The first-order valence-electron chi connectivity index (χ1n) is 3.83. The smallest absolute Gasteiger partial charge is 0.323 e. The lowest BCUT2D eigenvalue weighted by Gasteiger charge is -2.08. The van der Waals surface area contributed by atoms with E-state index in [0.717, 1.165) is 0 Å². The van der Waals surface area contributed by atoms with E-state index in [9.17, 15) is 13.6 Å². The molecular formula is C7H11F2NO2. The molecule has 3 nitrogen and oxygen atoms in total. The van der Waals surface area contributed by atoms with Crippen LogP contribution in [0.25, 0.3) is 0 Å². The van der Waals surface area contributed by atoms with Gasteiger partial charge in [0.05, 0.1) is 13.2 Å². The van der Waals surface area contributed by atoms with E-state index in [1.807, 2.05) is 0 Å². The highest BCUT2D eigenvalue weighted by Gasteiger charge is 2.42. The number of hydrogen-bond acceptors (Lipinski definition) is 3. The second kappa shape index (κ2) is 3.35. The summed E-state index contributed by atoms with van der Waals surface area (Å²) in [5, 5.41) is 2.41. The Morgan fingerprint density at radius 2 is 2.42 bits per heavy atom. The normalized spacial score (nSPS) is 27.1. The molecule has 1 heterocycles. The highest BCUT2D eigenvalue weighted by atomic mass is 19.3. The first-order chi connectivity index (χ1) is 5.55. The molecule has 1 fully saturated rings. The minimum absolute atomic E-state index is 0.225. The molecule has 1 atom stereocenters. The Kier molecular flexibility index (Phi) is 2.62. The van der Waals surface area contributed by atoms with Gasteiger partial charge in [0.1, 0.15) is 6.04 Å². The van der Waals surface area contributed by atoms with Crippen LogP contribution in [0.4, 0.5) is 8.78 Å². The molecule has 0 aromatic rings. The number of rotatable bonds is 2. The minimum atomic E-state index is -2.77. The lowest BCUT2D eigenvalue weighted by molar-refractivity contribution is -0.145. The Bertz CT molecular complexity index is 184. The molecule has 0 aliphatic carbocycles. The predicted octanol–water partition coefficient (Wildman–Crippen LogP) is 0.547. The van der Waals surface area contributed by atoms with E-state index in [1.165, 1.54) is 0 Å². The van der Waals surface area contributed by atoms with E-state index in [2.05, 4.69) is 10.1 Å². The van der Waals surface area contributed by atoms with E-state index in [-0.39, 0.29) is 6.61 Å². The van der Waals surface area contributed by atoms with Crippen molar-refractivity contribution in [3.8, 4) is 0 Å². The maximum atomic E-state index is 12.5. The molecule has 5 heteroatoms. The monoisotopic (exact) mass is 179 g/mol. The Morgan fingerprint density at radius 1 is 1.75 bits per heavy atom. The number of nitrogens with one attached hydrogen (secondary N) is 1. The lowest BCUT2D eigenvalue weighted by Crippen LogP contribution is -2.32. The highest BCUT2D eigenvalue weighted by Crippen LogP contribution is 2.25. The average molecular weight is 179 g/mol. The zero-order valence-corrected chi connectivity index (χ0v) is 6.77. The maximum absolute atomic E-state index is 12.5. The summed E-state index contributed by atoms with van der Waals surface area (Å²) in [5.74, 6) is -3.35. The summed E-state index contributed by atoms with van der Waals surface area (Å²) in [4.78, 5) is 10.9. The van der Waals surface area contributed by atoms with Gasteiger partial charge < -0.3 is 4.74 Å². The summed E-state index contributed by atoms with van der Waals surface area (Å²) in [6.45, 7) is 1.43. The summed E-state index contributed by atoms with van der Waals surface area (Å²) >= 11 is 0. The summed E-state index contributed by atoms with van der Waals surface area (Å²) in [7, 11) is 0. The molecule has 70 valence electrons. The largest absolute Gasteiger partial charge is 0.465 e. The van der Waals surface area contributed by atoms with Gasteiger partial charge in [-0.1, -0.05) is 0 Å². The standard InChI is InChI=1S/C7H11F2NO2/c1-2-12-6(11)5-3-7(8,9)4-10-5/h5,10H,2-4H2,1H3. The molecule has 0 amide bonds. The number of carbonyl (C=O) groups excluding carboxylic acids is 1. The van der Waals surface area contributed by atoms with Crippen LogP contribution in [0.1, 0.15) is 13.3 Å².